The van der Waals surface area contributed by atoms with E-state index in [1.54, 1.807) is 0 Å². The molecule has 1 fully saturated rings. The number of fused-ring (bicyclic) bond motifs is 5. The van der Waals surface area contributed by atoms with Gasteiger partial charge in [0.15, 0.2) is 0 Å². The van der Waals surface area contributed by atoms with Crippen LogP contribution < -0.4 is 0 Å². The lowest BCUT2D eigenvalue weighted by molar-refractivity contribution is -0.150. The summed E-state index contributed by atoms with van der Waals surface area (Å²) in [6, 6.07) is 27.5. The molecule has 2 bridgehead atoms. The maximum Gasteiger partial charge on any atom is 0.310 e. The Morgan fingerprint density at radius 3 is 2.07 bits per heavy atom. The second-order valence-electron chi connectivity index (χ2n) is 8.77. The first-order chi connectivity index (χ1) is 14.8. The molecular weight excluding hydrogens is 368 g/mol. The van der Waals surface area contributed by atoms with Crippen molar-refractivity contribution in [2.45, 2.75) is 18.3 Å². The Morgan fingerprint density at radius 2 is 1.37 bits per heavy atom. The molecule has 0 N–H and O–H groups in total. The molecule has 148 valence electrons. The van der Waals surface area contributed by atoms with E-state index in [1.807, 2.05) is 6.07 Å². The molecule has 3 aliphatic rings. The second-order valence-corrected chi connectivity index (χ2v) is 8.77. The lowest BCUT2D eigenvalue weighted by Gasteiger charge is -2.27. The summed E-state index contributed by atoms with van der Waals surface area (Å²) >= 11 is 0. The number of ether oxygens (including phenoxy) is 1. The first-order valence-electron chi connectivity index (χ1n) is 10.9. The van der Waals surface area contributed by atoms with Gasteiger partial charge in [0.05, 0.1) is 5.92 Å². The van der Waals surface area contributed by atoms with Crippen molar-refractivity contribution >= 4 is 5.97 Å². The highest BCUT2D eigenvalue weighted by Crippen LogP contribution is 2.53. The SMILES string of the molecule is O=C(OCC1c2ccccc2-c2ccccc21)[C@H]1C2C=CC(C2)C1c1ccccc1. The zero-order chi connectivity index (χ0) is 20.1. The summed E-state index contributed by atoms with van der Waals surface area (Å²) in [6.45, 7) is 0.409. The monoisotopic (exact) mass is 392 g/mol. The van der Waals surface area contributed by atoms with Crippen molar-refractivity contribution in [1.82, 2.24) is 0 Å². The molecule has 0 spiro atoms. The molecule has 0 radical (unpaired) electrons. The summed E-state index contributed by atoms with van der Waals surface area (Å²) in [7, 11) is 0. The van der Waals surface area contributed by atoms with Crippen molar-refractivity contribution in [3.63, 3.8) is 0 Å². The van der Waals surface area contributed by atoms with Crippen LogP contribution in [0.25, 0.3) is 11.1 Å². The molecule has 30 heavy (non-hydrogen) atoms. The summed E-state index contributed by atoms with van der Waals surface area (Å²) in [6.07, 6.45) is 5.60. The average Bonchev–Trinajstić information content (AvgIpc) is 3.50. The molecule has 2 nitrogen and oxygen atoms in total. The normalized spacial score (nSPS) is 25.9. The van der Waals surface area contributed by atoms with E-state index in [0.717, 1.165) is 6.42 Å². The van der Waals surface area contributed by atoms with Gasteiger partial charge in [-0.3, -0.25) is 4.79 Å². The van der Waals surface area contributed by atoms with Gasteiger partial charge in [0, 0.05) is 11.8 Å². The van der Waals surface area contributed by atoms with Gasteiger partial charge in [0.2, 0.25) is 0 Å². The van der Waals surface area contributed by atoms with E-state index in [1.165, 1.54) is 27.8 Å². The Morgan fingerprint density at radius 1 is 0.767 bits per heavy atom. The van der Waals surface area contributed by atoms with E-state index in [2.05, 4.69) is 84.9 Å². The van der Waals surface area contributed by atoms with Crippen LogP contribution in [0.3, 0.4) is 0 Å². The highest BCUT2D eigenvalue weighted by molar-refractivity contribution is 5.80. The highest BCUT2D eigenvalue weighted by atomic mass is 16.5. The molecular formula is C28H24O2. The number of benzene rings is 3. The fraction of sp³-hybridized carbons (Fsp3) is 0.250. The number of hydrogen-bond donors (Lipinski definition) is 0. The van der Waals surface area contributed by atoms with E-state index in [4.69, 9.17) is 4.74 Å². The van der Waals surface area contributed by atoms with E-state index in [-0.39, 0.29) is 23.7 Å². The van der Waals surface area contributed by atoms with Crippen molar-refractivity contribution in [2.24, 2.45) is 17.8 Å². The molecule has 6 rings (SSSR count). The van der Waals surface area contributed by atoms with Crippen LogP contribution >= 0.6 is 0 Å². The third-order valence-corrected chi connectivity index (χ3v) is 7.27. The lowest BCUT2D eigenvalue weighted by Crippen LogP contribution is -2.29. The number of esters is 1. The Hall–Kier alpha value is -3.13. The summed E-state index contributed by atoms with van der Waals surface area (Å²) in [5, 5.41) is 0. The largest absolute Gasteiger partial charge is 0.464 e. The summed E-state index contributed by atoms with van der Waals surface area (Å²) in [5.74, 6) is 0.984. The number of allylic oxidation sites excluding steroid dienone is 2. The van der Waals surface area contributed by atoms with Gasteiger partial charge < -0.3 is 4.74 Å². The van der Waals surface area contributed by atoms with Crippen LogP contribution in [0.1, 0.15) is 34.9 Å². The fourth-order valence-electron chi connectivity index (χ4n) is 5.97. The Bertz CT molecular complexity index is 1080. The summed E-state index contributed by atoms with van der Waals surface area (Å²) < 4.78 is 6.06. The third-order valence-electron chi connectivity index (χ3n) is 7.27. The standard InChI is InChI=1S/C28H24O2/c29-28(27-20-15-14-19(16-20)26(27)18-8-2-1-3-9-18)30-17-25-23-12-6-4-10-21(23)22-11-5-7-13-24(22)25/h1-15,19-20,25-27H,16-17H2/t19?,20?,26?,27-/m0/s1. The van der Waals surface area contributed by atoms with Crippen LogP contribution in [0.15, 0.2) is 91.0 Å². The van der Waals surface area contributed by atoms with Crippen molar-refractivity contribution < 1.29 is 9.53 Å². The first-order valence-corrected chi connectivity index (χ1v) is 10.9. The zero-order valence-corrected chi connectivity index (χ0v) is 16.8. The van der Waals surface area contributed by atoms with Crippen LogP contribution in [0.5, 0.6) is 0 Å². The molecule has 2 heteroatoms. The van der Waals surface area contributed by atoms with Crippen molar-refractivity contribution in [3.8, 4) is 11.1 Å². The molecule has 0 heterocycles. The second kappa shape index (κ2) is 6.98. The molecule has 0 amide bonds. The molecule has 0 aliphatic heterocycles. The maximum atomic E-state index is 13.3. The van der Waals surface area contributed by atoms with Gasteiger partial charge in [-0.15, -0.1) is 0 Å². The van der Waals surface area contributed by atoms with Gasteiger partial charge in [-0.2, -0.15) is 0 Å². The first kappa shape index (κ1) is 17.7. The highest BCUT2D eigenvalue weighted by Gasteiger charge is 2.49. The van der Waals surface area contributed by atoms with Crippen molar-refractivity contribution in [3.05, 3.63) is 108 Å². The number of hydrogen-bond acceptors (Lipinski definition) is 2. The molecule has 1 saturated carbocycles. The average molecular weight is 392 g/mol. The number of carbonyl (C=O) groups excluding carboxylic acids is 1. The minimum Gasteiger partial charge on any atom is -0.464 e. The van der Waals surface area contributed by atoms with Crippen LogP contribution in [0, 0.1) is 17.8 Å². The molecule has 3 aromatic carbocycles. The molecule has 0 aromatic heterocycles. The van der Waals surface area contributed by atoms with E-state index in [9.17, 15) is 4.79 Å². The fourth-order valence-corrected chi connectivity index (χ4v) is 5.97. The lowest BCUT2D eigenvalue weighted by atomic mass is 9.78. The Balaban J connectivity index is 1.26. The van der Waals surface area contributed by atoms with Crippen LogP contribution in [-0.2, 0) is 9.53 Å². The van der Waals surface area contributed by atoms with Gasteiger partial charge in [0.25, 0.3) is 0 Å². The predicted molar refractivity (Wildman–Crippen MR) is 118 cm³/mol. The third kappa shape index (κ3) is 2.67. The van der Waals surface area contributed by atoms with E-state index >= 15 is 0 Å². The van der Waals surface area contributed by atoms with Gasteiger partial charge in [0.1, 0.15) is 6.61 Å². The van der Waals surface area contributed by atoms with Crippen molar-refractivity contribution in [1.29, 1.82) is 0 Å². The predicted octanol–water partition coefficient (Wildman–Crippen LogP) is 5.95. The topological polar surface area (TPSA) is 26.3 Å². The van der Waals surface area contributed by atoms with Gasteiger partial charge >= 0.3 is 5.97 Å². The molecule has 3 aliphatic carbocycles. The molecule has 3 unspecified atom stereocenters. The molecule has 0 saturated heterocycles. The van der Waals surface area contributed by atoms with Gasteiger partial charge in [-0.25, -0.2) is 0 Å². The van der Waals surface area contributed by atoms with Crippen LogP contribution in [-0.4, -0.2) is 12.6 Å². The Labute approximate surface area is 177 Å². The molecule has 4 atom stereocenters. The quantitative estimate of drug-likeness (QED) is 0.405. The summed E-state index contributed by atoms with van der Waals surface area (Å²) in [5.41, 5.74) is 6.31. The number of rotatable bonds is 4. The van der Waals surface area contributed by atoms with E-state index in [0.29, 0.717) is 18.4 Å². The zero-order valence-electron chi connectivity index (χ0n) is 16.8. The van der Waals surface area contributed by atoms with Crippen LogP contribution in [0.4, 0.5) is 0 Å². The van der Waals surface area contributed by atoms with Crippen molar-refractivity contribution in [2.75, 3.05) is 6.61 Å². The maximum absolute atomic E-state index is 13.3. The summed E-state index contributed by atoms with van der Waals surface area (Å²) in [4.78, 5) is 13.3. The van der Waals surface area contributed by atoms with Gasteiger partial charge in [-0.05, 0) is 46.1 Å². The minimum atomic E-state index is -0.0747. The van der Waals surface area contributed by atoms with Gasteiger partial charge in [-0.1, -0.05) is 91.0 Å². The Kier molecular flexibility index (Phi) is 4.12. The smallest absolute Gasteiger partial charge is 0.310 e. The minimum absolute atomic E-state index is 0.0393. The van der Waals surface area contributed by atoms with Crippen LogP contribution in [0.2, 0.25) is 0 Å². The molecule has 3 aromatic rings. The van der Waals surface area contributed by atoms with E-state index < -0.39 is 0 Å². The number of carbonyl (C=O) groups is 1.